The van der Waals surface area contributed by atoms with Crippen LogP contribution < -0.4 is 0 Å². The molecule has 0 spiro atoms. The second-order valence-corrected chi connectivity index (χ2v) is 5.24. The van der Waals surface area contributed by atoms with Gasteiger partial charge >= 0.3 is 11.9 Å². The summed E-state index contributed by atoms with van der Waals surface area (Å²) in [5, 5.41) is 19.0. The highest BCUT2D eigenvalue weighted by Crippen LogP contribution is 2.53. The van der Waals surface area contributed by atoms with Crippen molar-refractivity contribution in [3.8, 4) is 0 Å². The second kappa shape index (κ2) is 5.18. The van der Waals surface area contributed by atoms with E-state index in [1.807, 2.05) is 0 Å². The van der Waals surface area contributed by atoms with Gasteiger partial charge in [0.05, 0.1) is 0 Å². The van der Waals surface area contributed by atoms with Crippen LogP contribution in [0.25, 0.3) is 0 Å². The van der Waals surface area contributed by atoms with E-state index in [2.05, 4.69) is 0 Å². The van der Waals surface area contributed by atoms with E-state index in [4.69, 9.17) is 9.47 Å². The molecular formula is C14H20O6. The molecule has 4 atom stereocenters. The minimum Gasteiger partial charge on any atom is -0.481 e. The Balaban J connectivity index is 2.53. The summed E-state index contributed by atoms with van der Waals surface area (Å²) in [4.78, 5) is 23.3. The zero-order valence-electron chi connectivity index (χ0n) is 11.7. The van der Waals surface area contributed by atoms with Crippen molar-refractivity contribution < 1.29 is 29.3 Å². The number of ether oxygens (including phenoxy) is 2. The Hall–Kier alpha value is -1.40. The minimum absolute atomic E-state index is 0.335. The molecule has 0 saturated heterocycles. The fraction of sp³-hybridized carbons (Fsp3) is 0.714. The third-order valence-electron chi connectivity index (χ3n) is 4.30. The Bertz CT molecular complexity index is 405. The van der Waals surface area contributed by atoms with Crippen LogP contribution in [0.3, 0.4) is 0 Å². The maximum absolute atomic E-state index is 11.7. The molecule has 3 rings (SSSR count). The molecule has 0 aliphatic heterocycles. The maximum Gasteiger partial charge on any atom is 0.310 e. The van der Waals surface area contributed by atoms with Crippen LogP contribution in [0, 0.1) is 11.8 Å². The van der Waals surface area contributed by atoms with E-state index in [0.717, 1.165) is 0 Å². The molecule has 1 saturated carbocycles. The van der Waals surface area contributed by atoms with Gasteiger partial charge in [-0.05, 0) is 26.7 Å². The topological polar surface area (TPSA) is 93.1 Å². The van der Waals surface area contributed by atoms with Gasteiger partial charge in [0.25, 0.3) is 0 Å². The molecule has 1 fully saturated rings. The third kappa shape index (κ3) is 2.03. The number of carboxylic acids is 2. The van der Waals surface area contributed by atoms with E-state index in [1.165, 1.54) is 0 Å². The number of carboxylic acid groups (broad SMARTS) is 2. The molecule has 6 heteroatoms. The van der Waals surface area contributed by atoms with Crippen LogP contribution in [0.5, 0.6) is 0 Å². The molecule has 3 aliphatic carbocycles. The van der Waals surface area contributed by atoms with E-state index in [9.17, 15) is 19.8 Å². The average molecular weight is 284 g/mol. The van der Waals surface area contributed by atoms with Gasteiger partial charge in [0.1, 0.15) is 23.0 Å². The summed E-state index contributed by atoms with van der Waals surface area (Å²) in [6.45, 7) is 4.22. The molecule has 2 N–H and O–H groups in total. The van der Waals surface area contributed by atoms with Crippen molar-refractivity contribution in [1.82, 2.24) is 0 Å². The number of rotatable bonds is 6. The minimum atomic E-state index is -1.15. The van der Waals surface area contributed by atoms with Crippen molar-refractivity contribution >= 4 is 11.9 Å². The number of fused-ring (bicyclic) bond motifs is 2. The maximum atomic E-state index is 11.7. The van der Waals surface area contributed by atoms with Crippen LogP contribution in [0.4, 0.5) is 0 Å². The Labute approximate surface area is 117 Å². The van der Waals surface area contributed by atoms with E-state index in [1.54, 1.807) is 26.0 Å². The lowest BCUT2D eigenvalue weighted by Crippen LogP contribution is -2.65. The van der Waals surface area contributed by atoms with Gasteiger partial charge in [0.15, 0.2) is 0 Å². The van der Waals surface area contributed by atoms with Crippen molar-refractivity contribution in [3.05, 3.63) is 12.2 Å². The summed E-state index contributed by atoms with van der Waals surface area (Å²) in [6, 6.07) is 0. The summed E-state index contributed by atoms with van der Waals surface area (Å²) in [6.07, 6.45) is 4.29. The molecule has 6 nitrogen and oxygen atoms in total. The van der Waals surface area contributed by atoms with Crippen molar-refractivity contribution in [2.75, 3.05) is 13.2 Å². The van der Waals surface area contributed by atoms with Gasteiger partial charge in [0.2, 0.25) is 0 Å². The van der Waals surface area contributed by atoms with Crippen LogP contribution in [-0.4, -0.2) is 46.6 Å². The van der Waals surface area contributed by atoms with Crippen LogP contribution in [-0.2, 0) is 19.1 Å². The zero-order valence-corrected chi connectivity index (χ0v) is 11.7. The fourth-order valence-electron chi connectivity index (χ4n) is 3.58. The Morgan fingerprint density at radius 2 is 1.35 bits per heavy atom. The first-order valence-corrected chi connectivity index (χ1v) is 6.86. The van der Waals surface area contributed by atoms with Gasteiger partial charge in [-0.1, -0.05) is 12.2 Å². The van der Waals surface area contributed by atoms with Gasteiger partial charge < -0.3 is 19.7 Å². The molecule has 2 bridgehead atoms. The lowest BCUT2D eigenvalue weighted by Gasteiger charge is -2.54. The van der Waals surface area contributed by atoms with E-state index < -0.39 is 35.0 Å². The largest absolute Gasteiger partial charge is 0.481 e. The Morgan fingerprint density at radius 1 is 1.00 bits per heavy atom. The summed E-state index contributed by atoms with van der Waals surface area (Å²) in [5.41, 5.74) is -2.08. The number of carbonyl (C=O) groups is 2. The molecule has 0 aromatic heterocycles. The summed E-state index contributed by atoms with van der Waals surface area (Å²) in [7, 11) is 0. The fourth-order valence-corrected chi connectivity index (χ4v) is 3.58. The summed E-state index contributed by atoms with van der Waals surface area (Å²) in [5.74, 6) is -4.58. The van der Waals surface area contributed by atoms with Gasteiger partial charge in [0, 0.05) is 13.2 Å². The predicted molar refractivity (Wildman–Crippen MR) is 69.3 cm³/mol. The molecule has 0 heterocycles. The zero-order chi connectivity index (χ0) is 15.0. The van der Waals surface area contributed by atoms with Gasteiger partial charge in [-0.25, -0.2) is 0 Å². The van der Waals surface area contributed by atoms with Gasteiger partial charge in [-0.15, -0.1) is 0 Å². The molecule has 20 heavy (non-hydrogen) atoms. The average Bonchev–Trinajstić information content (AvgIpc) is 2.39. The lowest BCUT2D eigenvalue weighted by atomic mass is 9.57. The number of hydrogen-bond acceptors (Lipinski definition) is 4. The summed E-state index contributed by atoms with van der Waals surface area (Å²) >= 11 is 0. The molecular weight excluding hydrogens is 264 g/mol. The van der Waals surface area contributed by atoms with Crippen molar-refractivity contribution in [2.45, 2.75) is 37.9 Å². The van der Waals surface area contributed by atoms with E-state index in [-0.39, 0.29) is 0 Å². The molecule has 0 aromatic carbocycles. The number of hydrogen-bond donors (Lipinski definition) is 2. The van der Waals surface area contributed by atoms with Gasteiger partial charge in [-0.3, -0.25) is 9.59 Å². The number of aliphatic carboxylic acids is 2. The molecule has 0 aromatic rings. The highest BCUT2D eigenvalue weighted by Gasteiger charge is 2.64. The highest BCUT2D eigenvalue weighted by molar-refractivity contribution is 5.84. The first-order valence-electron chi connectivity index (χ1n) is 6.86. The first-order chi connectivity index (χ1) is 9.42. The lowest BCUT2D eigenvalue weighted by molar-refractivity contribution is -0.206. The van der Waals surface area contributed by atoms with Crippen molar-refractivity contribution in [2.24, 2.45) is 11.8 Å². The first kappa shape index (κ1) is 15.0. The molecule has 0 amide bonds. The molecule has 0 unspecified atom stereocenters. The van der Waals surface area contributed by atoms with Crippen molar-refractivity contribution in [1.29, 1.82) is 0 Å². The second-order valence-electron chi connectivity index (χ2n) is 5.24. The Morgan fingerprint density at radius 3 is 1.55 bits per heavy atom. The molecule has 3 aliphatic rings. The van der Waals surface area contributed by atoms with E-state index in [0.29, 0.717) is 26.1 Å². The van der Waals surface area contributed by atoms with Crippen LogP contribution >= 0.6 is 0 Å². The normalized spacial score (nSPS) is 38.9. The van der Waals surface area contributed by atoms with Crippen LogP contribution in [0.15, 0.2) is 12.2 Å². The predicted octanol–water partition coefficient (Wildman–Crippen LogP) is 1.30. The third-order valence-corrected chi connectivity index (χ3v) is 4.30. The smallest absolute Gasteiger partial charge is 0.310 e. The van der Waals surface area contributed by atoms with Crippen LogP contribution in [0.2, 0.25) is 0 Å². The van der Waals surface area contributed by atoms with Gasteiger partial charge in [-0.2, -0.15) is 0 Å². The standard InChI is InChI=1S/C14H20O6/c1-3-19-13-5-7-14(8-6-13,20-4-2)10(12(17)18)9(13)11(15)16/h5,7,9-10H,3-4,6,8H2,1-2H3,(H,15,16)(H,17,18)/t9-,10+,13-,14-/m0/s1. The van der Waals surface area contributed by atoms with Crippen molar-refractivity contribution in [3.63, 3.8) is 0 Å². The molecule has 112 valence electrons. The van der Waals surface area contributed by atoms with Crippen LogP contribution in [0.1, 0.15) is 26.7 Å². The SMILES string of the molecule is CCO[C@@]12C=C[C@](OCC)(CC1)[C@@H](C(=O)O)[C@H]2C(=O)O. The summed E-state index contributed by atoms with van der Waals surface area (Å²) < 4.78 is 11.3. The quantitative estimate of drug-likeness (QED) is 0.714. The molecule has 0 radical (unpaired) electrons. The van der Waals surface area contributed by atoms with E-state index >= 15 is 0 Å². The monoisotopic (exact) mass is 284 g/mol. The Kier molecular flexibility index (Phi) is 3.88. The highest BCUT2D eigenvalue weighted by atomic mass is 16.5.